The third kappa shape index (κ3) is 11.0. The molecular weight excluding hydrogens is 519 g/mol. The van der Waals surface area contributed by atoms with Crippen LogP contribution < -0.4 is 5.32 Å². The van der Waals surface area contributed by atoms with Gasteiger partial charge in [-0.1, -0.05) is 6.92 Å². The van der Waals surface area contributed by atoms with Crippen molar-refractivity contribution in [3.8, 4) is 0 Å². The number of amides is 1. The Morgan fingerprint density at radius 1 is 1.20 bits per heavy atom. The lowest BCUT2D eigenvalue weighted by molar-refractivity contribution is 0.0214. The molecule has 1 aliphatic heterocycles. The monoisotopic (exact) mass is 560 g/mol. The summed E-state index contributed by atoms with van der Waals surface area (Å²) in [7, 11) is -3.01. The Labute approximate surface area is 200 Å². The van der Waals surface area contributed by atoms with Gasteiger partial charge >= 0.3 is 6.09 Å². The van der Waals surface area contributed by atoms with E-state index in [1.54, 1.807) is 11.8 Å². The summed E-state index contributed by atoms with van der Waals surface area (Å²) < 4.78 is 28.9. The topological polar surface area (TPSA) is 91.3 Å². The highest BCUT2D eigenvalue weighted by molar-refractivity contribution is 14.0. The first kappa shape index (κ1) is 29.2. The van der Waals surface area contributed by atoms with Gasteiger partial charge in [0.15, 0.2) is 15.8 Å². The number of hydrogen-bond donors (Lipinski definition) is 1. The zero-order valence-electron chi connectivity index (χ0n) is 19.4. The number of sulfone groups is 1. The number of rotatable bonds is 8. The molecule has 1 fully saturated rings. The van der Waals surface area contributed by atoms with E-state index in [0.29, 0.717) is 19.0 Å². The van der Waals surface area contributed by atoms with Gasteiger partial charge in [-0.3, -0.25) is 4.99 Å². The molecule has 0 spiro atoms. The second kappa shape index (κ2) is 13.6. The molecule has 0 aromatic rings. The number of carbonyl (C=O) groups is 1. The normalized spacial score (nSPS) is 16.1. The number of nitrogens with zero attached hydrogens (tertiary/aromatic N) is 3. The lowest BCUT2D eigenvalue weighted by Crippen LogP contribution is -2.48. The molecule has 1 rings (SSSR count). The van der Waals surface area contributed by atoms with Crippen LogP contribution in [0.25, 0.3) is 0 Å². The molecule has 1 N–H and O–H groups in total. The van der Waals surface area contributed by atoms with Crippen molar-refractivity contribution in [2.45, 2.75) is 60.0 Å². The largest absolute Gasteiger partial charge is 0.444 e. The van der Waals surface area contributed by atoms with Crippen molar-refractivity contribution in [2.24, 2.45) is 10.9 Å². The SMILES string of the molecule is CCNC(=NCCS(=O)(=O)CC)N1CCC(CN(CC)C(=O)OC(C)(C)C)CC1.I. The van der Waals surface area contributed by atoms with Gasteiger partial charge < -0.3 is 19.9 Å². The number of guanidine groups is 1. The van der Waals surface area contributed by atoms with Crippen LogP contribution in [0.15, 0.2) is 4.99 Å². The summed E-state index contributed by atoms with van der Waals surface area (Å²) in [6, 6.07) is 0. The minimum absolute atomic E-state index is 0. The zero-order valence-corrected chi connectivity index (χ0v) is 22.6. The molecule has 0 radical (unpaired) electrons. The summed E-state index contributed by atoms with van der Waals surface area (Å²) in [5.74, 6) is 1.42. The molecule has 0 bridgehead atoms. The van der Waals surface area contributed by atoms with E-state index in [-0.39, 0.29) is 48.1 Å². The van der Waals surface area contributed by atoms with Gasteiger partial charge in [-0.25, -0.2) is 13.2 Å². The van der Waals surface area contributed by atoms with Crippen LogP contribution in [-0.2, 0) is 14.6 Å². The molecule has 1 aliphatic rings. The lowest BCUT2D eigenvalue weighted by atomic mass is 9.96. The second-order valence-corrected chi connectivity index (χ2v) is 10.9. The van der Waals surface area contributed by atoms with E-state index in [2.05, 4.69) is 15.2 Å². The molecule has 0 aromatic carbocycles. The van der Waals surface area contributed by atoms with Crippen molar-refractivity contribution in [3.05, 3.63) is 0 Å². The van der Waals surface area contributed by atoms with Crippen LogP contribution in [0.5, 0.6) is 0 Å². The van der Waals surface area contributed by atoms with Gasteiger partial charge in [0.2, 0.25) is 0 Å². The Morgan fingerprint density at radius 2 is 1.80 bits per heavy atom. The number of halogens is 1. The van der Waals surface area contributed by atoms with Gasteiger partial charge in [0.05, 0.1) is 12.3 Å². The zero-order chi connectivity index (χ0) is 22.1. The first-order valence-corrected chi connectivity index (χ1v) is 12.5. The molecule has 178 valence electrons. The van der Waals surface area contributed by atoms with Crippen LogP contribution in [0, 0.1) is 5.92 Å². The first-order valence-electron chi connectivity index (χ1n) is 10.7. The summed E-state index contributed by atoms with van der Waals surface area (Å²) in [6.07, 6.45) is 1.66. The molecule has 10 heteroatoms. The Hall–Kier alpha value is -0.780. The quantitative estimate of drug-likeness (QED) is 0.279. The maximum Gasteiger partial charge on any atom is 0.410 e. The molecule has 0 atom stereocenters. The van der Waals surface area contributed by atoms with E-state index in [9.17, 15) is 13.2 Å². The number of ether oxygens (including phenoxy) is 1. The molecule has 1 saturated heterocycles. The van der Waals surface area contributed by atoms with E-state index < -0.39 is 15.4 Å². The van der Waals surface area contributed by atoms with Crippen molar-refractivity contribution in [1.82, 2.24) is 15.1 Å². The van der Waals surface area contributed by atoms with Crippen molar-refractivity contribution < 1.29 is 17.9 Å². The van der Waals surface area contributed by atoms with Gasteiger partial charge in [-0.2, -0.15) is 0 Å². The Balaban J connectivity index is 0.00000841. The van der Waals surface area contributed by atoms with E-state index >= 15 is 0 Å². The predicted molar refractivity (Wildman–Crippen MR) is 133 cm³/mol. The van der Waals surface area contributed by atoms with Gasteiger partial charge in [0.1, 0.15) is 5.60 Å². The van der Waals surface area contributed by atoms with Crippen molar-refractivity contribution in [1.29, 1.82) is 0 Å². The molecule has 0 aliphatic carbocycles. The maximum atomic E-state index is 12.4. The van der Waals surface area contributed by atoms with Crippen LogP contribution in [0.1, 0.15) is 54.4 Å². The number of hydrogen-bond acceptors (Lipinski definition) is 5. The summed E-state index contributed by atoms with van der Waals surface area (Å²) in [6.45, 7) is 15.3. The number of aliphatic imine (C=N–C) groups is 1. The van der Waals surface area contributed by atoms with Crippen LogP contribution in [0.4, 0.5) is 4.79 Å². The number of piperidine rings is 1. The van der Waals surface area contributed by atoms with E-state index in [1.165, 1.54) is 0 Å². The van der Waals surface area contributed by atoms with Gasteiger partial charge in [-0.05, 0) is 53.4 Å². The lowest BCUT2D eigenvalue weighted by Gasteiger charge is -2.36. The molecule has 8 nitrogen and oxygen atoms in total. The summed E-state index contributed by atoms with van der Waals surface area (Å²) >= 11 is 0. The Bertz CT molecular complexity index is 642. The smallest absolute Gasteiger partial charge is 0.410 e. The van der Waals surface area contributed by atoms with Crippen molar-refractivity contribution in [3.63, 3.8) is 0 Å². The fourth-order valence-corrected chi connectivity index (χ4v) is 3.82. The Kier molecular flexibility index (Phi) is 13.2. The molecule has 1 heterocycles. The maximum absolute atomic E-state index is 12.4. The first-order chi connectivity index (χ1) is 13.5. The standard InChI is InChI=1S/C20H40N4O4S.HI/c1-7-21-18(22-12-15-29(26,27)9-3)24-13-10-17(11-14-24)16-23(8-2)19(25)28-20(4,5)6;/h17H,7-16H2,1-6H3,(H,21,22);1H. The van der Waals surface area contributed by atoms with Gasteiger partial charge in [0.25, 0.3) is 0 Å². The minimum Gasteiger partial charge on any atom is -0.444 e. The third-order valence-corrected chi connectivity index (χ3v) is 6.55. The van der Waals surface area contributed by atoms with Crippen LogP contribution in [-0.4, -0.2) is 86.6 Å². The van der Waals surface area contributed by atoms with Gasteiger partial charge in [-0.15, -0.1) is 24.0 Å². The van der Waals surface area contributed by atoms with Crippen molar-refractivity contribution in [2.75, 3.05) is 50.8 Å². The third-order valence-electron chi connectivity index (χ3n) is 4.86. The average Bonchev–Trinajstić information content (AvgIpc) is 2.64. The van der Waals surface area contributed by atoms with Gasteiger partial charge in [0, 0.05) is 38.5 Å². The molecule has 1 amide bonds. The Morgan fingerprint density at radius 3 is 2.27 bits per heavy atom. The number of carbonyl (C=O) groups excluding carboxylic acids is 1. The van der Waals surface area contributed by atoms with Crippen molar-refractivity contribution >= 4 is 45.9 Å². The molecule has 0 saturated carbocycles. The molecule has 0 aromatic heterocycles. The summed E-state index contributed by atoms with van der Waals surface area (Å²) in [5.41, 5.74) is -0.490. The van der Waals surface area contributed by atoms with Crippen LogP contribution >= 0.6 is 24.0 Å². The second-order valence-electron chi connectivity index (χ2n) is 8.42. The predicted octanol–water partition coefficient (Wildman–Crippen LogP) is 2.97. The fourth-order valence-electron chi connectivity index (χ4n) is 3.16. The van der Waals surface area contributed by atoms with E-state index in [4.69, 9.17) is 4.74 Å². The highest BCUT2D eigenvalue weighted by Gasteiger charge is 2.27. The molecule has 0 unspecified atom stereocenters. The highest BCUT2D eigenvalue weighted by atomic mass is 127. The number of nitrogens with one attached hydrogen (secondary N) is 1. The summed E-state index contributed by atoms with van der Waals surface area (Å²) in [4.78, 5) is 20.8. The average molecular weight is 561 g/mol. The minimum atomic E-state index is -3.01. The van der Waals surface area contributed by atoms with Crippen LogP contribution in [0.3, 0.4) is 0 Å². The van der Waals surface area contributed by atoms with E-state index in [0.717, 1.165) is 38.4 Å². The number of likely N-dealkylation sites (tertiary alicyclic amines) is 1. The fraction of sp³-hybridized carbons (Fsp3) is 0.900. The van der Waals surface area contributed by atoms with Crippen LogP contribution in [0.2, 0.25) is 0 Å². The summed E-state index contributed by atoms with van der Waals surface area (Å²) in [5, 5.41) is 3.26. The molecular formula is C20H41IN4O4S. The van der Waals surface area contributed by atoms with E-state index in [1.807, 2.05) is 34.6 Å². The molecule has 30 heavy (non-hydrogen) atoms. The highest BCUT2D eigenvalue weighted by Crippen LogP contribution is 2.20.